The summed E-state index contributed by atoms with van der Waals surface area (Å²) in [5, 5.41) is 12.7. The van der Waals surface area contributed by atoms with E-state index in [1.807, 2.05) is 30.3 Å². The van der Waals surface area contributed by atoms with E-state index in [0.29, 0.717) is 31.4 Å². The summed E-state index contributed by atoms with van der Waals surface area (Å²) in [4.78, 5) is 26.7. The van der Waals surface area contributed by atoms with Gasteiger partial charge in [0.1, 0.15) is 0 Å². The number of rotatable bonds is 8. The van der Waals surface area contributed by atoms with E-state index < -0.39 is 17.3 Å². The van der Waals surface area contributed by atoms with Crippen LogP contribution in [-0.2, 0) is 22.6 Å². The number of benzene rings is 2. The number of methoxy groups -OCH3 is 1. The van der Waals surface area contributed by atoms with Crippen LogP contribution in [0, 0.1) is 5.82 Å². The second kappa shape index (κ2) is 9.71. The van der Waals surface area contributed by atoms with Gasteiger partial charge in [-0.15, -0.1) is 0 Å². The Morgan fingerprint density at radius 3 is 2.63 bits per heavy atom. The van der Waals surface area contributed by atoms with Crippen LogP contribution < -0.4 is 10.1 Å². The van der Waals surface area contributed by atoms with Crippen molar-refractivity contribution in [1.82, 2.24) is 10.2 Å². The number of piperidine rings is 1. The van der Waals surface area contributed by atoms with E-state index >= 15 is 0 Å². The van der Waals surface area contributed by atoms with E-state index in [4.69, 9.17) is 4.74 Å². The van der Waals surface area contributed by atoms with E-state index in [-0.39, 0.29) is 24.6 Å². The molecule has 2 aromatic rings. The minimum Gasteiger partial charge on any atom is -0.494 e. The van der Waals surface area contributed by atoms with Crippen LogP contribution in [0.1, 0.15) is 30.4 Å². The van der Waals surface area contributed by atoms with E-state index in [0.717, 1.165) is 12.1 Å². The summed E-state index contributed by atoms with van der Waals surface area (Å²) in [6, 6.07) is 14.4. The lowest BCUT2D eigenvalue weighted by molar-refractivity contribution is -0.150. The van der Waals surface area contributed by atoms with Crippen molar-refractivity contribution in [3.8, 4) is 5.75 Å². The van der Waals surface area contributed by atoms with Crippen LogP contribution in [0.3, 0.4) is 0 Å². The summed E-state index contributed by atoms with van der Waals surface area (Å²) in [5.74, 6) is -1.71. The molecule has 0 bridgehead atoms. The molecule has 0 aliphatic carbocycles. The number of hydrogen-bond donors (Lipinski definition) is 2. The van der Waals surface area contributed by atoms with Crippen molar-refractivity contribution in [1.29, 1.82) is 0 Å². The van der Waals surface area contributed by atoms with E-state index in [9.17, 15) is 19.1 Å². The third-order valence-corrected chi connectivity index (χ3v) is 5.47. The van der Waals surface area contributed by atoms with Gasteiger partial charge in [-0.2, -0.15) is 0 Å². The number of aliphatic carboxylic acids is 1. The van der Waals surface area contributed by atoms with Crippen LogP contribution in [0.15, 0.2) is 48.5 Å². The Labute approximate surface area is 175 Å². The maximum Gasteiger partial charge on any atom is 0.330 e. The Hall–Kier alpha value is -2.93. The van der Waals surface area contributed by atoms with Gasteiger partial charge in [-0.3, -0.25) is 9.69 Å². The molecule has 2 N–H and O–H groups in total. The maximum absolute atomic E-state index is 13.8. The van der Waals surface area contributed by atoms with Gasteiger partial charge in [-0.25, -0.2) is 9.18 Å². The van der Waals surface area contributed by atoms with Gasteiger partial charge in [0.2, 0.25) is 5.91 Å². The van der Waals surface area contributed by atoms with E-state index in [2.05, 4.69) is 10.2 Å². The standard InChI is InChI=1S/C23H27FN2O4/c1-30-20-10-8-17(14-19(20)24)9-11-21(27)25-23(22(28)29)12-5-13-26(16-23)15-18-6-3-2-4-7-18/h2-4,6-8,10,14H,5,9,11-13,15-16H2,1H3,(H,25,27)(H,28,29)/t23-/m0/s1. The van der Waals surface area contributed by atoms with Gasteiger partial charge >= 0.3 is 5.97 Å². The molecule has 1 atom stereocenters. The number of carbonyl (C=O) groups is 2. The summed E-state index contributed by atoms with van der Waals surface area (Å²) in [6.07, 6.45) is 1.47. The van der Waals surface area contributed by atoms with Crippen LogP contribution in [-0.4, -0.2) is 47.6 Å². The molecule has 1 heterocycles. The number of carbonyl (C=O) groups excluding carboxylic acids is 1. The summed E-state index contributed by atoms with van der Waals surface area (Å²) in [6.45, 7) is 1.67. The summed E-state index contributed by atoms with van der Waals surface area (Å²) < 4.78 is 18.7. The van der Waals surface area contributed by atoms with E-state index in [1.54, 1.807) is 6.07 Å². The number of halogens is 1. The maximum atomic E-state index is 13.8. The molecule has 0 spiro atoms. The SMILES string of the molecule is COc1ccc(CCC(=O)N[C@@]2(C(=O)O)CCCN(Cc3ccccc3)C2)cc1F. The molecule has 7 heteroatoms. The third-order valence-electron chi connectivity index (χ3n) is 5.47. The molecule has 0 saturated carbocycles. The number of ether oxygens (including phenoxy) is 1. The van der Waals surface area contributed by atoms with Crippen LogP contribution in [0.2, 0.25) is 0 Å². The van der Waals surface area contributed by atoms with E-state index in [1.165, 1.54) is 19.2 Å². The van der Waals surface area contributed by atoms with Crippen molar-refractivity contribution in [2.75, 3.05) is 20.2 Å². The summed E-state index contributed by atoms with van der Waals surface area (Å²) >= 11 is 0. The zero-order chi connectivity index (χ0) is 21.6. The fraction of sp³-hybridized carbons (Fsp3) is 0.391. The second-order valence-corrected chi connectivity index (χ2v) is 7.70. The Kier molecular flexibility index (Phi) is 7.05. The van der Waals surface area contributed by atoms with Crippen LogP contribution >= 0.6 is 0 Å². The Balaban J connectivity index is 1.61. The molecule has 1 fully saturated rings. The lowest BCUT2D eigenvalue weighted by Gasteiger charge is -2.40. The van der Waals surface area contributed by atoms with Crippen molar-refractivity contribution in [3.63, 3.8) is 0 Å². The zero-order valence-electron chi connectivity index (χ0n) is 17.1. The highest BCUT2D eigenvalue weighted by Gasteiger charge is 2.43. The van der Waals surface area contributed by atoms with Crippen LogP contribution in [0.4, 0.5) is 4.39 Å². The van der Waals surface area contributed by atoms with Crippen molar-refractivity contribution >= 4 is 11.9 Å². The van der Waals surface area contributed by atoms with Crippen molar-refractivity contribution in [2.24, 2.45) is 0 Å². The van der Waals surface area contributed by atoms with Crippen LogP contribution in [0.5, 0.6) is 5.75 Å². The highest BCUT2D eigenvalue weighted by Crippen LogP contribution is 2.24. The first-order chi connectivity index (χ1) is 14.4. The topological polar surface area (TPSA) is 78.9 Å². The number of nitrogens with zero attached hydrogens (tertiary/aromatic N) is 1. The predicted octanol–water partition coefficient (Wildman–Crippen LogP) is 3.00. The summed E-state index contributed by atoms with van der Waals surface area (Å²) in [5.41, 5.74) is 0.448. The van der Waals surface area contributed by atoms with Gasteiger partial charge in [0.15, 0.2) is 17.1 Å². The third kappa shape index (κ3) is 5.36. The second-order valence-electron chi connectivity index (χ2n) is 7.70. The largest absolute Gasteiger partial charge is 0.494 e. The molecule has 1 aliphatic rings. The lowest BCUT2D eigenvalue weighted by atomic mass is 9.88. The Morgan fingerprint density at radius 2 is 1.97 bits per heavy atom. The molecule has 1 amide bonds. The van der Waals surface area contributed by atoms with Gasteiger partial charge in [0, 0.05) is 19.5 Å². The molecule has 0 unspecified atom stereocenters. The number of amides is 1. The summed E-state index contributed by atoms with van der Waals surface area (Å²) in [7, 11) is 1.39. The monoisotopic (exact) mass is 414 g/mol. The fourth-order valence-electron chi connectivity index (χ4n) is 3.90. The number of carboxylic acids is 1. The normalized spacial score (nSPS) is 19.3. The van der Waals surface area contributed by atoms with Gasteiger partial charge in [0.25, 0.3) is 0 Å². The molecule has 3 rings (SSSR count). The van der Waals surface area contributed by atoms with Crippen LogP contribution in [0.25, 0.3) is 0 Å². The molecule has 1 aliphatic heterocycles. The zero-order valence-corrected chi connectivity index (χ0v) is 17.1. The molecule has 30 heavy (non-hydrogen) atoms. The first-order valence-electron chi connectivity index (χ1n) is 10.0. The molecule has 0 aromatic heterocycles. The number of carboxylic acid groups (broad SMARTS) is 1. The molecular formula is C23H27FN2O4. The highest BCUT2D eigenvalue weighted by molar-refractivity contribution is 5.87. The number of nitrogens with one attached hydrogen (secondary N) is 1. The average Bonchev–Trinajstić information content (AvgIpc) is 2.73. The molecular weight excluding hydrogens is 387 g/mol. The predicted molar refractivity (Wildman–Crippen MR) is 111 cm³/mol. The minimum atomic E-state index is -1.31. The molecule has 0 radical (unpaired) electrons. The van der Waals surface area contributed by atoms with Crippen molar-refractivity contribution < 1.29 is 23.8 Å². The van der Waals surface area contributed by atoms with Gasteiger partial charge in [-0.05, 0) is 49.1 Å². The lowest BCUT2D eigenvalue weighted by Crippen LogP contribution is -2.63. The first-order valence-corrected chi connectivity index (χ1v) is 10.0. The quantitative estimate of drug-likeness (QED) is 0.694. The highest BCUT2D eigenvalue weighted by atomic mass is 19.1. The molecule has 1 saturated heterocycles. The Morgan fingerprint density at radius 1 is 1.20 bits per heavy atom. The molecule has 2 aromatic carbocycles. The number of likely N-dealkylation sites (tertiary alicyclic amines) is 1. The minimum absolute atomic E-state index is 0.0828. The van der Waals surface area contributed by atoms with Gasteiger partial charge in [-0.1, -0.05) is 36.4 Å². The number of hydrogen-bond acceptors (Lipinski definition) is 4. The first kappa shape index (κ1) is 21.8. The fourth-order valence-corrected chi connectivity index (χ4v) is 3.90. The van der Waals surface area contributed by atoms with Crippen molar-refractivity contribution in [3.05, 3.63) is 65.5 Å². The Bertz CT molecular complexity index is 890. The smallest absolute Gasteiger partial charge is 0.330 e. The van der Waals surface area contributed by atoms with Crippen molar-refractivity contribution in [2.45, 2.75) is 37.8 Å². The number of aryl methyl sites for hydroxylation is 1. The molecule has 160 valence electrons. The van der Waals surface area contributed by atoms with Gasteiger partial charge in [0.05, 0.1) is 7.11 Å². The average molecular weight is 414 g/mol. The molecule has 6 nitrogen and oxygen atoms in total. The van der Waals surface area contributed by atoms with Gasteiger partial charge < -0.3 is 15.2 Å².